The van der Waals surface area contributed by atoms with Crippen LogP contribution < -0.4 is 5.73 Å². The Morgan fingerprint density at radius 3 is 2.53 bits per heavy atom. The molecule has 0 radical (unpaired) electrons. The lowest BCUT2D eigenvalue weighted by Crippen LogP contribution is -2.12. The van der Waals surface area contributed by atoms with E-state index >= 15 is 0 Å². The minimum absolute atomic E-state index is 0.279. The van der Waals surface area contributed by atoms with E-state index < -0.39 is 11.9 Å². The van der Waals surface area contributed by atoms with Gasteiger partial charge in [0.25, 0.3) is 0 Å². The molecule has 0 saturated heterocycles. The second kappa shape index (κ2) is 4.59. The molecular weight excluding hydrogens is 222 g/mol. The van der Waals surface area contributed by atoms with Crippen molar-refractivity contribution in [3.05, 3.63) is 65.0 Å². The van der Waals surface area contributed by atoms with Crippen molar-refractivity contribution in [1.82, 2.24) is 4.98 Å². The van der Waals surface area contributed by atoms with Crippen molar-refractivity contribution in [3.8, 4) is 0 Å². The molecule has 0 amide bonds. The molecule has 1 atom stereocenters. The van der Waals surface area contributed by atoms with E-state index in [0.717, 1.165) is 11.8 Å². The highest BCUT2D eigenvalue weighted by molar-refractivity contribution is 5.33. The highest BCUT2D eigenvalue weighted by atomic mass is 19.1. The van der Waals surface area contributed by atoms with Crippen LogP contribution in [-0.2, 0) is 0 Å². The number of benzene rings is 1. The number of halogens is 2. The normalized spacial score (nSPS) is 12.5. The van der Waals surface area contributed by atoms with E-state index in [-0.39, 0.29) is 5.82 Å². The van der Waals surface area contributed by atoms with Crippen LogP contribution in [0.1, 0.15) is 22.7 Å². The first kappa shape index (κ1) is 11.7. The Bertz CT molecular complexity index is 541. The third-order valence-electron chi connectivity index (χ3n) is 2.63. The van der Waals surface area contributed by atoms with Gasteiger partial charge in [-0.05, 0) is 35.7 Å². The molecular formula is C13H12F2N2. The summed E-state index contributed by atoms with van der Waals surface area (Å²) in [6, 6.07) is 5.44. The molecule has 0 saturated carbocycles. The van der Waals surface area contributed by atoms with Crippen LogP contribution in [0.5, 0.6) is 0 Å². The van der Waals surface area contributed by atoms with Crippen LogP contribution in [0.25, 0.3) is 0 Å². The van der Waals surface area contributed by atoms with Gasteiger partial charge in [0.05, 0.1) is 12.2 Å². The molecule has 17 heavy (non-hydrogen) atoms. The van der Waals surface area contributed by atoms with E-state index in [1.54, 1.807) is 19.1 Å². The van der Waals surface area contributed by atoms with Gasteiger partial charge in [-0.25, -0.2) is 8.78 Å². The lowest BCUT2D eigenvalue weighted by molar-refractivity contribution is 0.613. The molecule has 0 aliphatic heterocycles. The van der Waals surface area contributed by atoms with Crippen LogP contribution in [0.3, 0.4) is 0 Å². The van der Waals surface area contributed by atoms with Gasteiger partial charge < -0.3 is 5.73 Å². The quantitative estimate of drug-likeness (QED) is 0.867. The van der Waals surface area contributed by atoms with Gasteiger partial charge in [0.1, 0.15) is 11.6 Å². The van der Waals surface area contributed by atoms with E-state index in [0.29, 0.717) is 11.1 Å². The Morgan fingerprint density at radius 2 is 1.88 bits per heavy atom. The molecule has 2 N–H and O–H groups in total. The van der Waals surface area contributed by atoms with E-state index in [4.69, 9.17) is 5.73 Å². The largest absolute Gasteiger partial charge is 0.320 e. The third-order valence-corrected chi connectivity index (χ3v) is 2.63. The fraction of sp³-hybridized carbons (Fsp3) is 0.154. The zero-order valence-corrected chi connectivity index (χ0v) is 9.32. The van der Waals surface area contributed by atoms with Gasteiger partial charge in [-0.1, -0.05) is 12.1 Å². The van der Waals surface area contributed by atoms with Gasteiger partial charge in [0, 0.05) is 6.20 Å². The average Bonchev–Trinajstić information content (AvgIpc) is 2.32. The van der Waals surface area contributed by atoms with Crippen LogP contribution in [0, 0.1) is 18.6 Å². The fourth-order valence-electron chi connectivity index (χ4n) is 1.65. The number of rotatable bonds is 2. The maximum absolute atomic E-state index is 13.1. The first-order valence-corrected chi connectivity index (χ1v) is 5.20. The average molecular weight is 234 g/mol. The Kier molecular flexibility index (Phi) is 3.15. The first-order chi connectivity index (χ1) is 8.08. The smallest absolute Gasteiger partial charge is 0.141 e. The van der Waals surface area contributed by atoms with Gasteiger partial charge >= 0.3 is 0 Å². The number of hydrogen-bond donors (Lipinski definition) is 1. The van der Waals surface area contributed by atoms with Gasteiger partial charge in [-0.2, -0.15) is 0 Å². The lowest BCUT2D eigenvalue weighted by atomic mass is 9.99. The summed E-state index contributed by atoms with van der Waals surface area (Å²) in [5, 5.41) is 0. The molecule has 0 fully saturated rings. The molecule has 2 nitrogen and oxygen atoms in total. The van der Waals surface area contributed by atoms with E-state index in [2.05, 4.69) is 4.98 Å². The molecule has 1 unspecified atom stereocenters. The fourth-order valence-corrected chi connectivity index (χ4v) is 1.65. The number of nitrogens with two attached hydrogens (primary N) is 1. The molecule has 1 aromatic heterocycles. The Hall–Kier alpha value is -1.81. The molecule has 0 bridgehead atoms. The van der Waals surface area contributed by atoms with Crippen molar-refractivity contribution in [2.75, 3.05) is 0 Å². The van der Waals surface area contributed by atoms with Crippen LogP contribution >= 0.6 is 0 Å². The van der Waals surface area contributed by atoms with Crippen molar-refractivity contribution in [2.45, 2.75) is 13.0 Å². The molecule has 0 aliphatic rings. The summed E-state index contributed by atoms with van der Waals surface area (Å²) in [7, 11) is 0. The summed E-state index contributed by atoms with van der Waals surface area (Å²) in [6.45, 7) is 1.66. The summed E-state index contributed by atoms with van der Waals surface area (Å²) in [5.74, 6) is -0.713. The van der Waals surface area contributed by atoms with Crippen molar-refractivity contribution in [2.24, 2.45) is 5.73 Å². The topological polar surface area (TPSA) is 38.9 Å². The monoisotopic (exact) mass is 234 g/mol. The third kappa shape index (κ3) is 2.47. The Morgan fingerprint density at radius 1 is 1.12 bits per heavy atom. The minimum atomic E-state index is -0.502. The van der Waals surface area contributed by atoms with E-state index in [9.17, 15) is 8.78 Å². The van der Waals surface area contributed by atoms with Gasteiger partial charge in [-0.3, -0.25) is 4.98 Å². The van der Waals surface area contributed by atoms with Crippen molar-refractivity contribution in [3.63, 3.8) is 0 Å². The van der Waals surface area contributed by atoms with Crippen LogP contribution in [0.2, 0.25) is 0 Å². The summed E-state index contributed by atoms with van der Waals surface area (Å²) in [5.41, 5.74) is 7.79. The van der Waals surface area contributed by atoms with Crippen molar-refractivity contribution < 1.29 is 8.78 Å². The number of aryl methyl sites for hydroxylation is 1. The van der Waals surface area contributed by atoms with Crippen LogP contribution in [0.4, 0.5) is 8.78 Å². The second-order valence-electron chi connectivity index (χ2n) is 3.92. The first-order valence-electron chi connectivity index (χ1n) is 5.20. The standard InChI is InChI=1S/C13H12F2N2/c1-8-4-9(2-3-12(8)15)13(16)10-5-11(14)7-17-6-10/h2-7,13H,16H2,1H3. The second-order valence-corrected chi connectivity index (χ2v) is 3.92. The molecule has 88 valence electrons. The number of aromatic nitrogens is 1. The molecule has 0 spiro atoms. The molecule has 0 aliphatic carbocycles. The van der Waals surface area contributed by atoms with Gasteiger partial charge in [0.15, 0.2) is 0 Å². The van der Waals surface area contributed by atoms with Crippen LogP contribution in [0.15, 0.2) is 36.7 Å². The summed E-state index contributed by atoms with van der Waals surface area (Å²) in [6.07, 6.45) is 2.62. The van der Waals surface area contributed by atoms with E-state index in [1.165, 1.54) is 18.3 Å². The van der Waals surface area contributed by atoms with Crippen molar-refractivity contribution >= 4 is 0 Å². The Balaban J connectivity index is 2.36. The highest BCUT2D eigenvalue weighted by Crippen LogP contribution is 2.21. The minimum Gasteiger partial charge on any atom is -0.320 e. The SMILES string of the molecule is Cc1cc(C(N)c2cncc(F)c2)ccc1F. The lowest BCUT2D eigenvalue weighted by Gasteiger charge is -2.13. The van der Waals surface area contributed by atoms with E-state index in [1.807, 2.05) is 0 Å². The predicted octanol–water partition coefficient (Wildman–Crippen LogP) is 2.72. The van der Waals surface area contributed by atoms with Crippen LogP contribution in [-0.4, -0.2) is 4.98 Å². The number of hydrogen-bond acceptors (Lipinski definition) is 2. The highest BCUT2D eigenvalue weighted by Gasteiger charge is 2.11. The zero-order valence-electron chi connectivity index (χ0n) is 9.32. The van der Waals surface area contributed by atoms with Gasteiger partial charge in [-0.15, -0.1) is 0 Å². The van der Waals surface area contributed by atoms with Gasteiger partial charge in [0.2, 0.25) is 0 Å². The molecule has 1 heterocycles. The molecule has 1 aromatic carbocycles. The summed E-state index contributed by atoms with van der Waals surface area (Å²) in [4.78, 5) is 3.74. The maximum Gasteiger partial charge on any atom is 0.141 e. The number of pyridine rings is 1. The number of nitrogens with zero attached hydrogens (tertiary/aromatic N) is 1. The van der Waals surface area contributed by atoms with Crippen molar-refractivity contribution in [1.29, 1.82) is 0 Å². The predicted molar refractivity (Wildman–Crippen MR) is 61.4 cm³/mol. The molecule has 4 heteroatoms. The molecule has 2 rings (SSSR count). The molecule has 2 aromatic rings. The summed E-state index contributed by atoms with van der Waals surface area (Å²) >= 11 is 0. The summed E-state index contributed by atoms with van der Waals surface area (Å²) < 4.78 is 26.1. The Labute approximate surface area is 98.1 Å². The maximum atomic E-state index is 13.1. The zero-order chi connectivity index (χ0) is 12.4.